The third kappa shape index (κ3) is 5.50. The van der Waals surface area contributed by atoms with Gasteiger partial charge in [-0.1, -0.05) is 0 Å². The van der Waals surface area contributed by atoms with Crippen molar-refractivity contribution in [2.45, 2.75) is 18.9 Å². The molecular formula is C8H16N2O4. The Bertz CT molecular complexity index is 196. The molecule has 0 spiro atoms. The summed E-state index contributed by atoms with van der Waals surface area (Å²) in [4.78, 5) is 21.7. The lowest BCUT2D eigenvalue weighted by Crippen LogP contribution is -2.43. The van der Waals surface area contributed by atoms with Crippen LogP contribution in [0.2, 0.25) is 0 Å². The zero-order chi connectivity index (χ0) is 11.0. The summed E-state index contributed by atoms with van der Waals surface area (Å²) in [6.07, 6.45) is 0.787. The van der Waals surface area contributed by atoms with Crippen LogP contribution in [0.4, 0.5) is 0 Å². The first kappa shape index (κ1) is 12.9. The molecule has 14 heavy (non-hydrogen) atoms. The van der Waals surface area contributed by atoms with Crippen molar-refractivity contribution in [2.75, 3.05) is 20.3 Å². The van der Waals surface area contributed by atoms with Gasteiger partial charge in [0.05, 0.1) is 6.61 Å². The molecule has 0 aliphatic rings. The summed E-state index contributed by atoms with van der Waals surface area (Å²) in [5, 5.41) is 11.0. The van der Waals surface area contributed by atoms with Gasteiger partial charge in [-0.2, -0.15) is 0 Å². The zero-order valence-electron chi connectivity index (χ0n) is 8.16. The molecule has 6 heteroatoms. The van der Waals surface area contributed by atoms with Gasteiger partial charge in [-0.05, 0) is 13.0 Å². The summed E-state index contributed by atoms with van der Waals surface area (Å²) in [5.74, 6) is -1.42. The highest BCUT2D eigenvalue weighted by Gasteiger charge is 2.18. The number of aliphatic carboxylic acids is 1. The van der Waals surface area contributed by atoms with E-state index < -0.39 is 12.0 Å². The van der Waals surface area contributed by atoms with Gasteiger partial charge in [0.15, 0.2) is 6.04 Å². The van der Waals surface area contributed by atoms with Crippen LogP contribution in [0.3, 0.4) is 0 Å². The standard InChI is InChI=1S/C8H16N2O4/c1-14-5-6(8(12)13)10-7(11)3-2-4-9/h6H,2-5,9H2,1H3,(H,10,11)(H,12,13). The molecule has 0 aromatic rings. The highest BCUT2D eigenvalue weighted by molar-refractivity contribution is 5.83. The monoisotopic (exact) mass is 204 g/mol. The van der Waals surface area contributed by atoms with Crippen LogP contribution in [0.1, 0.15) is 12.8 Å². The van der Waals surface area contributed by atoms with E-state index in [1.165, 1.54) is 7.11 Å². The molecule has 1 amide bonds. The average molecular weight is 204 g/mol. The molecule has 0 radical (unpaired) electrons. The molecular weight excluding hydrogens is 188 g/mol. The third-order valence-electron chi connectivity index (χ3n) is 1.57. The second-order valence-electron chi connectivity index (χ2n) is 2.81. The molecule has 0 aromatic carbocycles. The maximum atomic E-state index is 11.1. The molecule has 0 fully saturated rings. The van der Waals surface area contributed by atoms with E-state index in [9.17, 15) is 9.59 Å². The van der Waals surface area contributed by atoms with E-state index in [-0.39, 0.29) is 18.9 Å². The number of nitrogens with two attached hydrogens (primary N) is 1. The minimum absolute atomic E-state index is 0.0380. The minimum atomic E-state index is -1.10. The van der Waals surface area contributed by atoms with Crippen molar-refractivity contribution in [2.24, 2.45) is 5.73 Å². The highest BCUT2D eigenvalue weighted by Crippen LogP contribution is 1.90. The second kappa shape index (κ2) is 7.28. The van der Waals surface area contributed by atoms with Crippen molar-refractivity contribution in [1.29, 1.82) is 0 Å². The Morgan fingerprint density at radius 2 is 2.21 bits per heavy atom. The van der Waals surface area contributed by atoms with E-state index in [4.69, 9.17) is 10.8 Å². The van der Waals surface area contributed by atoms with Crippen molar-refractivity contribution in [1.82, 2.24) is 5.32 Å². The first-order valence-electron chi connectivity index (χ1n) is 4.33. The van der Waals surface area contributed by atoms with Crippen molar-refractivity contribution < 1.29 is 19.4 Å². The fraction of sp³-hybridized carbons (Fsp3) is 0.750. The molecule has 0 aromatic heterocycles. The van der Waals surface area contributed by atoms with Gasteiger partial charge in [0.2, 0.25) is 5.91 Å². The Morgan fingerprint density at radius 1 is 1.57 bits per heavy atom. The molecule has 1 unspecified atom stereocenters. The Kier molecular flexibility index (Phi) is 6.69. The number of rotatable bonds is 7. The van der Waals surface area contributed by atoms with Crippen molar-refractivity contribution in [3.63, 3.8) is 0 Å². The molecule has 1 atom stereocenters. The first-order chi connectivity index (χ1) is 6.61. The number of carbonyl (C=O) groups excluding carboxylic acids is 1. The predicted octanol–water partition coefficient (Wildman–Crippen LogP) is -1.06. The Morgan fingerprint density at radius 3 is 2.64 bits per heavy atom. The number of amides is 1. The normalized spacial score (nSPS) is 12.1. The zero-order valence-corrected chi connectivity index (χ0v) is 8.16. The molecule has 0 heterocycles. The summed E-state index contributed by atoms with van der Waals surface area (Å²) in [6, 6.07) is -0.981. The number of hydrogen-bond acceptors (Lipinski definition) is 4. The molecule has 82 valence electrons. The highest BCUT2D eigenvalue weighted by atomic mass is 16.5. The van der Waals surface area contributed by atoms with Gasteiger partial charge >= 0.3 is 5.97 Å². The van der Waals surface area contributed by atoms with Crippen molar-refractivity contribution in [3.05, 3.63) is 0 Å². The van der Waals surface area contributed by atoms with Gasteiger partial charge in [0.1, 0.15) is 0 Å². The number of hydrogen-bond donors (Lipinski definition) is 3. The number of nitrogens with one attached hydrogen (secondary N) is 1. The smallest absolute Gasteiger partial charge is 0.328 e. The van der Waals surface area contributed by atoms with Gasteiger partial charge in [-0.25, -0.2) is 4.79 Å². The van der Waals surface area contributed by atoms with Crippen molar-refractivity contribution >= 4 is 11.9 Å². The topological polar surface area (TPSA) is 102 Å². The number of carboxylic acids is 1. The van der Waals surface area contributed by atoms with Gasteiger partial charge in [-0.3, -0.25) is 4.79 Å². The van der Waals surface area contributed by atoms with Crippen LogP contribution < -0.4 is 11.1 Å². The second-order valence-corrected chi connectivity index (χ2v) is 2.81. The Balaban J connectivity index is 3.90. The Hall–Kier alpha value is -1.14. The average Bonchev–Trinajstić information content (AvgIpc) is 2.14. The maximum Gasteiger partial charge on any atom is 0.328 e. The van der Waals surface area contributed by atoms with Crippen LogP contribution in [0.25, 0.3) is 0 Å². The summed E-state index contributed by atoms with van der Waals surface area (Å²) in [5.41, 5.74) is 5.21. The summed E-state index contributed by atoms with van der Waals surface area (Å²) in [7, 11) is 1.38. The number of carbonyl (C=O) groups is 2. The maximum absolute atomic E-state index is 11.1. The largest absolute Gasteiger partial charge is 0.480 e. The predicted molar refractivity (Wildman–Crippen MR) is 49.7 cm³/mol. The SMILES string of the molecule is COCC(NC(=O)CCCN)C(=O)O. The number of methoxy groups -OCH3 is 1. The fourth-order valence-electron chi connectivity index (χ4n) is 0.870. The van der Waals surface area contributed by atoms with Crippen LogP contribution in [-0.2, 0) is 14.3 Å². The molecule has 0 saturated carbocycles. The molecule has 0 bridgehead atoms. The van der Waals surface area contributed by atoms with Crippen LogP contribution in [0, 0.1) is 0 Å². The van der Waals surface area contributed by atoms with E-state index >= 15 is 0 Å². The number of ether oxygens (including phenoxy) is 1. The van der Waals surface area contributed by atoms with E-state index in [1.54, 1.807) is 0 Å². The molecule has 0 saturated heterocycles. The van der Waals surface area contributed by atoms with Crippen LogP contribution in [0.15, 0.2) is 0 Å². The number of carboxylic acid groups (broad SMARTS) is 1. The summed E-state index contributed by atoms with van der Waals surface area (Å²) < 4.78 is 4.65. The molecule has 6 nitrogen and oxygen atoms in total. The van der Waals surface area contributed by atoms with Gasteiger partial charge in [0, 0.05) is 13.5 Å². The lowest BCUT2D eigenvalue weighted by Gasteiger charge is -2.12. The van der Waals surface area contributed by atoms with E-state index in [0.717, 1.165) is 0 Å². The Labute approximate surface area is 82.4 Å². The molecule has 0 aliphatic carbocycles. The fourth-order valence-corrected chi connectivity index (χ4v) is 0.870. The van der Waals surface area contributed by atoms with E-state index in [2.05, 4.69) is 10.1 Å². The van der Waals surface area contributed by atoms with Crippen molar-refractivity contribution in [3.8, 4) is 0 Å². The van der Waals surface area contributed by atoms with Gasteiger partial charge in [-0.15, -0.1) is 0 Å². The molecule has 0 aliphatic heterocycles. The quantitative estimate of drug-likeness (QED) is 0.490. The lowest BCUT2D eigenvalue weighted by molar-refractivity contribution is -0.143. The van der Waals surface area contributed by atoms with Gasteiger partial charge in [0.25, 0.3) is 0 Å². The van der Waals surface area contributed by atoms with Crippen LogP contribution >= 0.6 is 0 Å². The minimum Gasteiger partial charge on any atom is -0.480 e. The summed E-state index contributed by atoms with van der Waals surface area (Å²) in [6.45, 7) is 0.374. The summed E-state index contributed by atoms with van der Waals surface area (Å²) >= 11 is 0. The third-order valence-corrected chi connectivity index (χ3v) is 1.57. The lowest BCUT2D eigenvalue weighted by atomic mass is 10.2. The molecule has 0 rings (SSSR count). The van der Waals surface area contributed by atoms with E-state index in [1.807, 2.05) is 0 Å². The van der Waals surface area contributed by atoms with E-state index in [0.29, 0.717) is 13.0 Å². The van der Waals surface area contributed by atoms with Gasteiger partial charge < -0.3 is 20.9 Å². The van der Waals surface area contributed by atoms with Crippen LogP contribution in [-0.4, -0.2) is 43.3 Å². The molecule has 4 N–H and O–H groups in total. The first-order valence-corrected chi connectivity index (χ1v) is 4.33. The van der Waals surface area contributed by atoms with Crippen LogP contribution in [0.5, 0.6) is 0 Å².